The lowest BCUT2D eigenvalue weighted by molar-refractivity contribution is 0.387. The zero-order valence-corrected chi connectivity index (χ0v) is 10.2. The van der Waals surface area contributed by atoms with Gasteiger partial charge in [0, 0.05) is 23.6 Å². The normalized spacial score (nSPS) is 18.4. The first-order chi connectivity index (χ1) is 8.31. The Hall–Kier alpha value is -1.61. The molecule has 88 valence electrons. The third kappa shape index (κ3) is 1.58. The molecule has 1 aromatic carbocycles. The lowest BCUT2D eigenvalue weighted by atomic mass is 10.00. The molecule has 3 nitrogen and oxygen atoms in total. The molecule has 17 heavy (non-hydrogen) atoms. The van der Waals surface area contributed by atoms with Crippen LogP contribution in [-0.4, -0.2) is 12.2 Å². The van der Waals surface area contributed by atoms with Crippen molar-refractivity contribution in [3.8, 4) is 11.3 Å². The number of hydrogen-bond donors (Lipinski definition) is 1. The summed E-state index contributed by atoms with van der Waals surface area (Å²) in [6.45, 7) is 2.11. The SMILES string of the molecule is CNC1CCc2onc(-c3ccccc3C)c21. The molecular weight excluding hydrogens is 212 g/mol. The average Bonchev–Trinajstić information content (AvgIpc) is 2.91. The maximum atomic E-state index is 5.46. The van der Waals surface area contributed by atoms with Crippen LogP contribution in [0.25, 0.3) is 11.3 Å². The first-order valence-corrected chi connectivity index (χ1v) is 6.03. The van der Waals surface area contributed by atoms with Crippen molar-refractivity contribution >= 4 is 0 Å². The van der Waals surface area contributed by atoms with E-state index in [1.807, 2.05) is 13.1 Å². The van der Waals surface area contributed by atoms with Gasteiger partial charge in [-0.1, -0.05) is 29.4 Å². The molecule has 3 rings (SSSR count). The van der Waals surface area contributed by atoms with Gasteiger partial charge in [-0.3, -0.25) is 0 Å². The van der Waals surface area contributed by atoms with Crippen molar-refractivity contribution in [1.29, 1.82) is 0 Å². The summed E-state index contributed by atoms with van der Waals surface area (Å²) in [5.74, 6) is 1.04. The van der Waals surface area contributed by atoms with Gasteiger partial charge in [-0.2, -0.15) is 0 Å². The fourth-order valence-electron chi connectivity index (χ4n) is 2.61. The van der Waals surface area contributed by atoms with E-state index in [0.717, 1.165) is 24.3 Å². The smallest absolute Gasteiger partial charge is 0.142 e. The Balaban J connectivity index is 2.15. The molecule has 1 heterocycles. The minimum absolute atomic E-state index is 0.380. The van der Waals surface area contributed by atoms with Gasteiger partial charge in [0.15, 0.2) is 0 Å². The van der Waals surface area contributed by atoms with E-state index in [4.69, 9.17) is 4.52 Å². The van der Waals surface area contributed by atoms with Crippen molar-refractivity contribution in [3.05, 3.63) is 41.2 Å². The Morgan fingerprint density at radius 1 is 1.35 bits per heavy atom. The molecule has 0 amide bonds. The van der Waals surface area contributed by atoms with Gasteiger partial charge in [-0.25, -0.2) is 0 Å². The average molecular weight is 228 g/mol. The standard InChI is InChI=1S/C14H16N2O/c1-9-5-3-4-6-10(9)14-13-11(15-2)7-8-12(13)17-16-14/h3-6,11,15H,7-8H2,1-2H3. The van der Waals surface area contributed by atoms with E-state index in [0.29, 0.717) is 6.04 Å². The van der Waals surface area contributed by atoms with E-state index in [2.05, 4.69) is 35.6 Å². The molecule has 1 unspecified atom stereocenters. The van der Waals surface area contributed by atoms with Crippen LogP contribution in [0.1, 0.15) is 29.3 Å². The third-order valence-corrected chi connectivity index (χ3v) is 3.56. The molecule has 1 N–H and O–H groups in total. The third-order valence-electron chi connectivity index (χ3n) is 3.56. The summed E-state index contributed by atoms with van der Waals surface area (Å²) >= 11 is 0. The molecule has 3 heteroatoms. The number of fused-ring (bicyclic) bond motifs is 1. The highest BCUT2D eigenvalue weighted by Gasteiger charge is 2.30. The van der Waals surface area contributed by atoms with E-state index in [1.54, 1.807) is 0 Å². The van der Waals surface area contributed by atoms with Crippen molar-refractivity contribution in [2.75, 3.05) is 7.05 Å². The number of nitrogens with zero attached hydrogens (tertiary/aromatic N) is 1. The van der Waals surface area contributed by atoms with Crippen LogP contribution in [-0.2, 0) is 6.42 Å². The minimum Gasteiger partial charge on any atom is -0.360 e. The summed E-state index contributed by atoms with van der Waals surface area (Å²) in [6, 6.07) is 8.70. The van der Waals surface area contributed by atoms with Gasteiger partial charge in [0.1, 0.15) is 11.5 Å². The Kier molecular flexibility index (Phi) is 2.48. The second kappa shape index (κ2) is 4.00. The van der Waals surface area contributed by atoms with Crippen molar-refractivity contribution < 1.29 is 4.52 Å². The molecule has 0 aliphatic heterocycles. The molecule has 1 atom stereocenters. The maximum Gasteiger partial charge on any atom is 0.142 e. The van der Waals surface area contributed by atoms with Crippen molar-refractivity contribution in [3.63, 3.8) is 0 Å². The predicted octanol–water partition coefficient (Wildman–Crippen LogP) is 2.86. The van der Waals surface area contributed by atoms with Crippen molar-refractivity contribution in [1.82, 2.24) is 10.5 Å². The van der Waals surface area contributed by atoms with Crippen LogP contribution in [0.2, 0.25) is 0 Å². The monoisotopic (exact) mass is 228 g/mol. The lowest BCUT2D eigenvalue weighted by Crippen LogP contribution is -2.13. The topological polar surface area (TPSA) is 38.1 Å². The molecule has 0 fully saturated rings. The molecule has 2 aromatic rings. The Morgan fingerprint density at radius 3 is 2.94 bits per heavy atom. The van der Waals surface area contributed by atoms with Crippen LogP contribution in [0.3, 0.4) is 0 Å². The van der Waals surface area contributed by atoms with Crippen LogP contribution in [0.15, 0.2) is 28.8 Å². The zero-order valence-electron chi connectivity index (χ0n) is 10.2. The number of aryl methyl sites for hydroxylation is 2. The minimum atomic E-state index is 0.380. The lowest BCUT2D eigenvalue weighted by Gasteiger charge is -2.10. The number of benzene rings is 1. The summed E-state index contributed by atoms with van der Waals surface area (Å²) in [6.07, 6.45) is 2.09. The molecule has 0 bridgehead atoms. The van der Waals surface area contributed by atoms with Crippen LogP contribution in [0.5, 0.6) is 0 Å². The van der Waals surface area contributed by atoms with Crippen LogP contribution < -0.4 is 5.32 Å². The van der Waals surface area contributed by atoms with E-state index < -0.39 is 0 Å². The first-order valence-electron chi connectivity index (χ1n) is 6.03. The quantitative estimate of drug-likeness (QED) is 0.859. The highest BCUT2D eigenvalue weighted by Crippen LogP contribution is 2.38. The van der Waals surface area contributed by atoms with Gasteiger partial charge >= 0.3 is 0 Å². The largest absolute Gasteiger partial charge is 0.360 e. The van der Waals surface area contributed by atoms with E-state index in [1.165, 1.54) is 16.7 Å². The Bertz CT molecular complexity index is 545. The second-order valence-corrected chi connectivity index (χ2v) is 4.56. The summed E-state index contributed by atoms with van der Waals surface area (Å²) in [4.78, 5) is 0. The summed E-state index contributed by atoms with van der Waals surface area (Å²) in [5, 5.41) is 7.59. The van der Waals surface area contributed by atoms with Crippen LogP contribution in [0, 0.1) is 6.92 Å². The first kappa shape index (κ1) is 10.5. The number of aromatic nitrogens is 1. The summed E-state index contributed by atoms with van der Waals surface area (Å²) in [5.41, 5.74) is 4.68. The Labute approximate surface area is 101 Å². The van der Waals surface area contributed by atoms with Crippen molar-refractivity contribution in [2.45, 2.75) is 25.8 Å². The molecule has 0 spiro atoms. The van der Waals surface area contributed by atoms with Crippen LogP contribution in [0.4, 0.5) is 0 Å². The van der Waals surface area contributed by atoms with Crippen molar-refractivity contribution in [2.24, 2.45) is 0 Å². The number of rotatable bonds is 2. The molecule has 1 aromatic heterocycles. The fourth-order valence-corrected chi connectivity index (χ4v) is 2.61. The van der Waals surface area contributed by atoms with Gasteiger partial charge in [-0.15, -0.1) is 0 Å². The summed E-state index contributed by atoms with van der Waals surface area (Å²) in [7, 11) is 1.99. The zero-order chi connectivity index (χ0) is 11.8. The van der Waals surface area contributed by atoms with Gasteiger partial charge in [0.05, 0.1) is 0 Å². The fraction of sp³-hybridized carbons (Fsp3) is 0.357. The van der Waals surface area contributed by atoms with E-state index in [9.17, 15) is 0 Å². The molecule has 1 aliphatic carbocycles. The molecule has 0 saturated carbocycles. The predicted molar refractivity (Wildman–Crippen MR) is 66.8 cm³/mol. The molecule has 0 saturated heterocycles. The maximum absolute atomic E-state index is 5.46. The number of nitrogens with one attached hydrogen (secondary N) is 1. The number of hydrogen-bond acceptors (Lipinski definition) is 3. The van der Waals surface area contributed by atoms with Gasteiger partial charge < -0.3 is 9.84 Å². The molecule has 1 aliphatic rings. The molecule has 0 radical (unpaired) electrons. The van der Waals surface area contributed by atoms with E-state index >= 15 is 0 Å². The highest BCUT2D eigenvalue weighted by atomic mass is 16.5. The molecular formula is C14H16N2O. The Morgan fingerprint density at radius 2 is 2.18 bits per heavy atom. The highest BCUT2D eigenvalue weighted by molar-refractivity contribution is 5.68. The summed E-state index contributed by atoms with van der Waals surface area (Å²) < 4.78 is 5.46. The van der Waals surface area contributed by atoms with Crippen LogP contribution >= 0.6 is 0 Å². The second-order valence-electron chi connectivity index (χ2n) is 4.56. The van der Waals surface area contributed by atoms with E-state index in [-0.39, 0.29) is 0 Å². The van der Waals surface area contributed by atoms with Gasteiger partial charge in [0.25, 0.3) is 0 Å². The van der Waals surface area contributed by atoms with Gasteiger partial charge in [0.2, 0.25) is 0 Å². The van der Waals surface area contributed by atoms with Gasteiger partial charge in [-0.05, 0) is 26.0 Å².